The van der Waals surface area contributed by atoms with Gasteiger partial charge in [0.1, 0.15) is 11.6 Å². The van der Waals surface area contributed by atoms with Crippen LogP contribution in [0.15, 0.2) is 23.2 Å². The van der Waals surface area contributed by atoms with E-state index in [0.717, 1.165) is 12.5 Å². The molecule has 1 aromatic rings. The highest BCUT2D eigenvalue weighted by Gasteiger charge is 2.01. The molecule has 5 heteroatoms. The first kappa shape index (κ1) is 15.4. The molecule has 106 valence electrons. The predicted octanol–water partition coefficient (Wildman–Crippen LogP) is 2.46. The van der Waals surface area contributed by atoms with Gasteiger partial charge in [0, 0.05) is 19.2 Å². The lowest BCUT2D eigenvalue weighted by Gasteiger charge is -2.07. The van der Waals surface area contributed by atoms with Gasteiger partial charge in [-0.1, -0.05) is 13.8 Å². The highest BCUT2D eigenvalue weighted by molar-refractivity contribution is 5.77. The molecular weight excluding hydrogens is 248 g/mol. The first-order chi connectivity index (χ1) is 8.97. The molecule has 3 nitrogen and oxygen atoms in total. The number of guanidine groups is 1. The van der Waals surface area contributed by atoms with Gasteiger partial charge in [-0.3, -0.25) is 4.99 Å². The molecule has 3 N–H and O–H groups in total. The van der Waals surface area contributed by atoms with Crippen molar-refractivity contribution in [1.29, 1.82) is 0 Å². The van der Waals surface area contributed by atoms with E-state index < -0.39 is 11.6 Å². The number of nitrogens with two attached hydrogens (primary N) is 1. The molecular formula is C14H21F2N3. The molecule has 0 saturated heterocycles. The number of hydrogen-bond acceptors (Lipinski definition) is 1. The Morgan fingerprint density at radius 2 is 1.89 bits per heavy atom. The minimum atomic E-state index is -0.541. The molecule has 0 spiro atoms. The molecule has 0 radical (unpaired) electrons. The second kappa shape index (κ2) is 7.71. The third-order valence-corrected chi connectivity index (χ3v) is 2.50. The fourth-order valence-electron chi connectivity index (χ4n) is 1.60. The lowest BCUT2D eigenvalue weighted by molar-refractivity contribution is 0.578. The Hall–Kier alpha value is -1.65. The van der Waals surface area contributed by atoms with E-state index in [1.165, 1.54) is 12.1 Å². The molecule has 0 aliphatic heterocycles. The third-order valence-electron chi connectivity index (χ3n) is 2.50. The lowest BCUT2D eigenvalue weighted by Crippen LogP contribution is -2.33. The summed E-state index contributed by atoms with van der Waals surface area (Å²) in [6.07, 6.45) is 1.33. The summed E-state index contributed by atoms with van der Waals surface area (Å²) in [5.74, 6) is -0.198. The Bertz CT molecular complexity index is 410. The minimum Gasteiger partial charge on any atom is -0.370 e. The van der Waals surface area contributed by atoms with E-state index in [1.54, 1.807) is 0 Å². The highest BCUT2D eigenvalue weighted by atomic mass is 19.1. The number of halogens is 2. The summed E-state index contributed by atoms with van der Waals surface area (Å²) in [4.78, 5) is 4.16. The maximum absolute atomic E-state index is 12.9. The summed E-state index contributed by atoms with van der Waals surface area (Å²) in [5, 5.41) is 2.98. The van der Waals surface area contributed by atoms with Gasteiger partial charge in [0.15, 0.2) is 5.96 Å². The van der Waals surface area contributed by atoms with E-state index in [4.69, 9.17) is 5.73 Å². The van der Waals surface area contributed by atoms with E-state index in [1.807, 2.05) is 0 Å². The Morgan fingerprint density at radius 3 is 2.47 bits per heavy atom. The first-order valence-corrected chi connectivity index (χ1v) is 6.46. The second-order valence-electron chi connectivity index (χ2n) is 4.93. The minimum absolute atomic E-state index is 0.416. The Balaban J connectivity index is 2.29. The number of aliphatic imine (C=N–C) groups is 1. The number of rotatable bonds is 6. The van der Waals surface area contributed by atoms with Crippen LogP contribution in [-0.4, -0.2) is 19.0 Å². The smallest absolute Gasteiger partial charge is 0.188 e. The topological polar surface area (TPSA) is 50.4 Å². The van der Waals surface area contributed by atoms with Crippen molar-refractivity contribution in [2.45, 2.75) is 26.7 Å². The van der Waals surface area contributed by atoms with Crippen LogP contribution in [0.4, 0.5) is 8.78 Å². The van der Waals surface area contributed by atoms with Crippen LogP contribution < -0.4 is 11.1 Å². The average Bonchev–Trinajstić information content (AvgIpc) is 2.31. The van der Waals surface area contributed by atoms with Gasteiger partial charge in [0.2, 0.25) is 0 Å². The molecule has 19 heavy (non-hydrogen) atoms. The van der Waals surface area contributed by atoms with Gasteiger partial charge in [0.25, 0.3) is 0 Å². The second-order valence-corrected chi connectivity index (χ2v) is 4.93. The van der Waals surface area contributed by atoms with Crippen LogP contribution in [0.1, 0.15) is 25.8 Å². The Labute approximate surface area is 112 Å². The molecule has 0 amide bonds. The van der Waals surface area contributed by atoms with Crippen LogP contribution >= 0.6 is 0 Å². The van der Waals surface area contributed by atoms with Gasteiger partial charge in [-0.05, 0) is 36.5 Å². The third kappa shape index (κ3) is 6.74. The molecule has 0 unspecified atom stereocenters. The van der Waals surface area contributed by atoms with Gasteiger partial charge in [-0.25, -0.2) is 8.78 Å². The zero-order valence-corrected chi connectivity index (χ0v) is 11.4. The quantitative estimate of drug-likeness (QED) is 0.473. The number of hydrogen-bond donors (Lipinski definition) is 2. The van der Waals surface area contributed by atoms with E-state index in [9.17, 15) is 8.78 Å². The fraction of sp³-hybridized carbons (Fsp3) is 0.500. The number of nitrogens with one attached hydrogen (secondary N) is 1. The summed E-state index contributed by atoms with van der Waals surface area (Å²) in [6, 6.07) is 3.57. The molecule has 0 saturated carbocycles. The Morgan fingerprint density at radius 1 is 1.26 bits per heavy atom. The van der Waals surface area contributed by atoms with Crippen molar-refractivity contribution in [3.63, 3.8) is 0 Å². The van der Waals surface area contributed by atoms with Crippen molar-refractivity contribution >= 4 is 5.96 Å². The molecule has 0 aliphatic carbocycles. The van der Waals surface area contributed by atoms with E-state index in [0.29, 0.717) is 37.0 Å². The van der Waals surface area contributed by atoms with Crippen LogP contribution in [0.5, 0.6) is 0 Å². The monoisotopic (exact) mass is 269 g/mol. The Kier molecular flexibility index (Phi) is 6.25. The molecule has 0 atom stereocenters. The van der Waals surface area contributed by atoms with Crippen LogP contribution in [0, 0.1) is 17.6 Å². The van der Waals surface area contributed by atoms with Gasteiger partial charge in [-0.15, -0.1) is 0 Å². The summed E-state index contributed by atoms with van der Waals surface area (Å²) >= 11 is 0. The van der Waals surface area contributed by atoms with Crippen molar-refractivity contribution in [1.82, 2.24) is 5.32 Å². The average molecular weight is 269 g/mol. The van der Waals surface area contributed by atoms with E-state index in [2.05, 4.69) is 24.2 Å². The number of benzene rings is 1. The largest absolute Gasteiger partial charge is 0.370 e. The predicted molar refractivity (Wildman–Crippen MR) is 74.0 cm³/mol. The standard InChI is InChI=1S/C14H21F2N3/c1-10(2)9-19-14(17)18-5-3-4-11-6-12(15)8-13(16)7-11/h6-8,10H,3-5,9H2,1-2H3,(H3,17,18,19). The summed E-state index contributed by atoms with van der Waals surface area (Å²) in [7, 11) is 0. The summed E-state index contributed by atoms with van der Waals surface area (Å²) in [5.41, 5.74) is 6.32. The van der Waals surface area contributed by atoms with Crippen molar-refractivity contribution in [3.8, 4) is 0 Å². The maximum atomic E-state index is 12.9. The molecule has 0 aliphatic rings. The van der Waals surface area contributed by atoms with Crippen LogP contribution in [0.2, 0.25) is 0 Å². The van der Waals surface area contributed by atoms with Crippen LogP contribution in [-0.2, 0) is 6.42 Å². The highest BCUT2D eigenvalue weighted by Crippen LogP contribution is 2.09. The molecule has 0 bridgehead atoms. The van der Waals surface area contributed by atoms with Crippen LogP contribution in [0.25, 0.3) is 0 Å². The SMILES string of the molecule is CC(C)CN=C(N)NCCCc1cc(F)cc(F)c1. The van der Waals surface area contributed by atoms with E-state index >= 15 is 0 Å². The zero-order valence-electron chi connectivity index (χ0n) is 11.4. The number of aryl methyl sites for hydroxylation is 1. The zero-order chi connectivity index (χ0) is 14.3. The van der Waals surface area contributed by atoms with Crippen molar-refractivity contribution in [2.24, 2.45) is 16.6 Å². The molecule has 0 aromatic heterocycles. The van der Waals surface area contributed by atoms with E-state index in [-0.39, 0.29) is 0 Å². The lowest BCUT2D eigenvalue weighted by atomic mass is 10.1. The first-order valence-electron chi connectivity index (χ1n) is 6.46. The summed E-state index contributed by atoms with van der Waals surface area (Å²) in [6.45, 7) is 5.45. The summed E-state index contributed by atoms with van der Waals surface area (Å²) < 4.78 is 25.9. The van der Waals surface area contributed by atoms with Crippen molar-refractivity contribution in [3.05, 3.63) is 35.4 Å². The fourth-order valence-corrected chi connectivity index (χ4v) is 1.60. The molecule has 1 aromatic carbocycles. The molecule has 0 heterocycles. The number of nitrogens with zero attached hydrogens (tertiary/aromatic N) is 1. The van der Waals surface area contributed by atoms with Crippen LogP contribution in [0.3, 0.4) is 0 Å². The van der Waals surface area contributed by atoms with Crippen molar-refractivity contribution < 1.29 is 8.78 Å². The molecule has 1 rings (SSSR count). The van der Waals surface area contributed by atoms with Gasteiger partial charge in [0.05, 0.1) is 0 Å². The van der Waals surface area contributed by atoms with Gasteiger partial charge < -0.3 is 11.1 Å². The maximum Gasteiger partial charge on any atom is 0.188 e. The van der Waals surface area contributed by atoms with Gasteiger partial charge in [-0.2, -0.15) is 0 Å². The van der Waals surface area contributed by atoms with Crippen molar-refractivity contribution in [2.75, 3.05) is 13.1 Å². The molecule has 0 fully saturated rings. The normalized spacial score (nSPS) is 11.9. The van der Waals surface area contributed by atoms with Gasteiger partial charge >= 0.3 is 0 Å².